The van der Waals surface area contributed by atoms with Crippen molar-refractivity contribution in [2.75, 3.05) is 19.7 Å². The zero-order valence-electron chi connectivity index (χ0n) is 11.7. The Labute approximate surface area is 117 Å². The summed E-state index contributed by atoms with van der Waals surface area (Å²) in [6.45, 7) is 5.66. The van der Waals surface area contributed by atoms with Crippen LogP contribution in [0.3, 0.4) is 0 Å². The van der Waals surface area contributed by atoms with E-state index in [9.17, 15) is 13.6 Å². The molecule has 2 unspecified atom stereocenters. The maximum Gasteiger partial charge on any atom is 0.182 e. The number of hydrogen-bond acceptors (Lipinski definition) is 3. The zero-order valence-corrected chi connectivity index (χ0v) is 11.7. The number of morpholine rings is 1. The van der Waals surface area contributed by atoms with E-state index in [2.05, 4.69) is 0 Å². The normalized spacial score (nSPS) is 21.7. The molecule has 2 rings (SSSR count). The molecule has 0 saturated carbocycles. The molecule has 1 aliphatic rings. The third-order valence-corrected chi connectivity index (χ3v) is 3.75. The minimum Gasteiger partial charge on any atom is -0.376 e. The predicted molar refractivity (Wildman–Crippen MR) is 71.8 cm³/mol. The summed E-state index contributed by atoms with van der Waals surface area (Å²) in [4.78, 5) is 14.3. The highest BCUT2D eigenvalue weighted by Crippen LogP contribution is 2.17. The van der Waals surface area contributed by atoms with Crippen LogP contribution in [-0.2, 0) is 4.74 Å². The van der Waals surface area contributed by atoms with Crippen LogP contribution in [0.15, 0.2) is 18.2 Å². The van der Waals surface area contributed by atoms with Gasteiger partial charge >= 0.3 is 0 Å². The second-order valence-electron chi connectivity index (χ2n) is 5.06. The number of hydrogen-bond donors (Lipinski definition) is 0. The van der Waals surface area contributed by atoms with Crippen LogP contribution in [0.2, 0.25) is 0 Å². The molecule has 110 valence electrons. The summed E-state index contributed by atoms with van der Waals surface area (Å²) in [6, 6.07) is 2.62. The fourth-order valence-corrected chi connectivity index (χ4v) is 2.42. The lowest BCUT2D eigenvalue weighted by Gasteiger charge is -2.35. The van der Waals surface area contributed by atoms with Crippen molar-refractivity contribution in [2.45, 2.75) is 32.4 Å². The molecule has 0 aromatic heterocycles. The molecule has 0 N–H and O–H groups in total. The summed E-state index contributed by atoms with van der Waals surface area (Å²) >= 11 is 0. The van der Waals surface area contributed by atoms with E-state index in [1.54, 1.807) is 6.92 Å². The molecule has 1 fully saturated rings. The molecule has 3 nitrogen and oxygen atoms in total. The summed E-state index contributed by atoms with van der Waals surface area (Å²) in [5.74, 6) is -1.80. The Morgan fingerprint density at radius 3 is 2.90 bits per heavy atom. The van der Waals surface area contributed by atoms with Gasteiger partial charge in [0.25, 0.3) is 0 Å². The lowest BCUT2D eigenvalue weighted by Crippen LogP contribution is -2.49. The van der Waals surface area contributed by atoms with Gasteiger partial charge in [-0.25, -0.2) is 8.78 Å². The van der Waals surface area contributed by atoms with Crippen LogP contribution in [0.4, 0.5) is 8.78 Å². The van der Waals surface area contributed by atoms with Gasteiger partial charge in [-0.15, -0.1) is 0 Å². The lowest BCUT2D eigenvalue weighted by molar-refractivity contribution is -0.0382. The van der Waals surface area contributed by atoms with Crippen molar-refractivity contribution in [3.8, 4) is 0 Å². The van der Waals surface area contributed by atoms with E-state index in [4.69, 9.17) is 4.74 Å². The fraction of sp³-hybridized carbons (Fsp3) is 0.533. The number of carbonyl (C=O) groups is 1. The van der Waals surface area contributed by atoms with Crippen molar-refractivity contribution in [1.29, 1.82) is 0 Å². The van der Waals surface area contributed by atoms with E-state index in [-0.39, 0.29) is 17.5 Å². The number of Topliss-reactive ketones (excluding diaryl/α,β-unsaturated/α-hetero) is 1. The Bertz CT molecular complexity index is 493. The number of halogens is 2. The second-order valence-corrected chi connectivity index (χ2v) is 5.06. The van der Waals surface area contributed by atoms with E-state index in [1.807, 2.05) is 11.8 Å². The average Bonchev–Trinajstić information content (AvgIpc) is 2.46. The molecule has 1 aromatic carbocycles. The average molecular weight is 283 g/mol. The second kappa shape index (κ2) is 6.41. The minimum atomic E-state index is -0.804. The van der Waals surface area contributed by atoms with Crippen molar-refractivity contribution in [3.63, 3.8) is 0 Å². The number of nitrogens with zero attached hydrogens (tertiary/aromatic N) is 1. The van der Waals surface area contributed by atoms with Crippen LogP contribution in [0.1, 0.15) is 30.6 Å². The van der Waals surface area contributed by atoms with Crippen molar-refractivity contribution in [1.82, 2.24) is 4.90 Å². The Balaban J connectivity index is 2.11. The SMILES string of the molecule is CCC1CN(C(C)C(=O)c2ccc(F)cc2F)CCO1. The topological polar surface area (TPSA) is 29.5 Å². The number of ether oxygens (including phenoxy) is 1. The lowest BCUT2D eigenvalue weighted by atomic mass is 10.0. The summed E-state index contributed by atoms with van der Waals surface area (Å²) < 4.78 is 32.1. The molecular weight excluding hydrogens is 264 g/mol. The monoisotopic (exact) mass is 283 g/mol. The van der Waals surface area contributed by atoms with Gasteiger partial charge in [0.2, 0.25) is 0 Å². The largest absolute Gasteiger partial charge is 0.376 e. The van der Waals surface area contributed by atoms with Crippen molar-refractivity contribution < 1.29 is 18.3 Å². The van der Waals surface area contributed by atoms with E-state index in [0.29, 0.717) is 19.7 Å². The quantitative estimate of drug-likeness (QED) is 0.796. The van der Waals surface area contributed by atoms with Gasteiger partial charge in [-0.2, -0.15) is 0 Å². The van der Waals surface area contributed by atoms with Crippen LogP contribution in [0.25, 0.3) is 0 Å². The van der Waals surface area contributed by atoms with Crippen LogP contribution in [-0.4, -0.2) is 42.5 Å². The van der Waals surface area contributed by atoms with Gasteiger partial charge in [-0.3, -0.25) is 9.69 Å². The summed E-state index contributed by atoms with van der Waals surface area (Å²) in [5.41, 5.74) is -0.0570. The molecular formula is C15H19F2NO2. The molecule has 1 heterocycles. The number of benzene rings is 1. The highest BCUT2D eigenvalue weighted by atomic mass is 19.1. The molecule has 20 heavy (non-hydrogen) atoms. The molecule has 0 aliphatic carbocycles. The summed E-state index contributed by atoms with van der Waals surface area (Å²) in [6.07, 6.45) is 0.986. The molecule has 1 saturated heterocycles. The maximum absolute atomic E-state index is 13.7. The third-order valence-electron chi connectivity index (χ3n) is 3.75. The van der Waals surface area contributed by atoms with Crippen molar-refractivity contribution >= 4 is 5.78 Å². The molecule has 5 heteroatoms. The highest BCUT2D eigenvalue weighted by molar-refractivity contribution is 6.00. The minimum absolute atomic E-state index is 0.0570. The molecule has 2 atom stereocenters. The molecule has 1 aromatic rings. The van der Waals surface area contributed by atoms with Gasteiger partial charge in [0.05, 0.1) is 24.3 Å². The van der Waals surface area contributed by atoms with Crippen molar-refractivity contribution in [2.24, 2.45) is 0 Å². The molecule has 0 amide bonds. The Hall–Kier alpha value is -1.33. The van der Waals surface area contributed by atoms with Crippen LogP contribution < -0.4 is 0 Å². The zero-order chi connectivity index (χ0) is 14.7. The molecule has 0 radical (unpaired) electrons. The number of rotatable bonds is 4. The Kier molecular flexibility index (Phi) is 4.83. The van der Waals surface area contributed by atoms with Gasteiger partial charge < -0.3 is 4.74 Å². The first-order chi connectivity index (χ1) is 9.52. The molecule has 0 spiro atoms. The Morgan fingerprint density at radius 2 is 2.25 bits per heavy atom. The van der Waals surface area contributed by atoms with E-state index in [1.165, 1.54) is 6.07 Å². The van der Waals surface area contributed by atoms with Gasteiger partial charge in [0, 0.05) is 19.2 Å². The smallest absolute Gasteiger partial charge is 0.182 e. The van der Waals surface area contributed by atoms with E-state index in [0.717, 1.165) is 18.6 Å². The number of ketones is 1. The van der Waals surface area contributed by atoms with Crippen molar-refractivity contribution in [3.05, 3.63) is 35.4 Å². The van der Waals surface area contributed by atoms with Crippen LogP contribution in [0.5, 0.6) is 0 Å². The summed E-state index contributed by atoms with van der Waals surface area (Å²) in [7, 11) is 0. The molecule has 1 aliphatic heterocycles. The first-order valence-electron chi connectivity index (χ1n) is 6.87. The van der Waals surface area contributed by atoms with Gasteiger partial charge in [0.1, 0.15) is 11.6 Å². The molecule has 0 bridgehead atoms. The van der Waals surface area contributed by atoms with Crippen LogP contribution >= 0.6 is 0 Å². The van der Waals surface area contributed by atoms with Gasteiger partial charge in [0.15, 0.2) is 5.78 Å². The van der Waals surface area contributed by atoms with Gasteiger partial charge in [-0.1, -0.05) is 6.92 Å². The van der Waals surface area contributed by atoms with E-state index < -0.39 is 17.7 Å². The Morgan fingerprint density at radius 1 is 1.50 bits per heavy atom. The third kappa shape index (κ3) is 3.22. The van der Waals surface area contributed by atoms with Gasteiger partial charge in [-0.05, 0) is 25.5 Å². The maximum atomic E-state index is 13.7. The van der Waals surface area contributed by atoms with Crippen LogP contribution in [0, 0.1) is 11.6 Å². The summed E-state index contributed by atoms with van der Waals surface area (Å²) in [5, 5.41) is 0. The van der Waals surface area contributed by atoms with E-state index >= 15 is 0 Å². The predicted octanol–water partition coefficient (Wildman–Crippen LogP) is 2.65. The first-order valence-corrected chi connectivity index (χ1v) is 6.87. The first kappa shape index (κ1) is 15.1. The fourth-order valence-electron chi connectivity index (χ4n) is 2.42. The standard InChI is InChI=1S/C15H19F2NO2/c1-3-12-9-18(6-7-20-12)10(2)15(19)13-5-4-11(16)8-14(13)17/h4-5,8,10,12H,3,6-7,9H2,1-2H3. The number of carbonyl (C=O) groups excluding carboxylic acids is 1. The highest BCUT2D eigenvalue weighted by Gasteiger charge is 2.29.